The highest BCUT2D eigenvalue weighted by molar-refractivity contribution is 7.54. The van der Waals surface area contributed by atoms with E-state index in [-0.39, 0.29) is 23.0 Å². The number of nitrogens with zero attached hydrogens (tertiary/aromatic N) is 4. The van der Waals surface area contributed by atoms with E-state index in [2.05, 4.69) is 31.2 Å². The van der Waals surface area contributed by atoms with Gasteiger partial charge in [0.1, 0.15) is 49.3 Å². The van der Waals surface area contributed by atoms with Crippen molar-refractivity contribution < 1.29 is 76.7 Å². The molecule has 2 amide bonds. The first-order valence-electron chi connectivity index (χ1n) is 14.1. The summed E-state index contributed by atoms with van der Waals surface area (Å²) in [6, 6.07) is 0. The number of carbonyl (C=O) groups is 2. The van der Waals surface area contributed by atoms with Crippen LogP contribution in [-0.4, -0.2) is 133 Å². The highest BCUT2D eigenvalue weighted by Gasteiger charge is 2.57. The first-order valence-corrected chi connectivity index (χ1v) is 18.2. The molecule has 26 nitrogen and oxygen atoms in total. The third-order valence-corrected chi connectivity index (χ3v) is 9.54. The number of aromatic nitrogens is 4. The van der Waals surface area contributed by atoms with E-state index in [1.165, 1.54) is 9.13 Å². The zero-order valence-corrected chi connectivity index (χ0v) is 27.5. The van der Waals surface area contributed by atoms with E-state index in [1.807, 2.05) is 0 Å². The second-order valence-electron chi connectivity index (χ2n) is 10.8. The van der Waals surface area contributed by atoms with E-state index in [1.54, 1.807) is 0 Å². The monoisotopic (exact) mass is 763 g/mol. The van der Waals surface area contributed by atoms with Crippen LogP contribution in [-0.2, 0) is 27.6 Å². The Bertz CT molecular complexity index is 1540. The number of nitrogens with two attached hydrogens (primary N) is 2. The molecule has 4 aliphatic rings. The molecule has 0 saturated carbocycles. The summed E-state index contributed by atoms with van der Waals surface area (Å²) < 4.78 is 34.5. The number of anilines is 2. The zero-order valence-electron chi connectivity index (χ0n) is 24.6. The molecule has 6 heterocycles. The number of hydrogen-bond donors (Lipinski definition) is 14. The number of ether oxygens (including phenoxy) is 2. The summed E-state index contributed by atoms with van der Waals surface area (Å²) >= 11 is 0. The summed E-state index contributed by atoms with van der Waals surface area (Å²) in [5.74, 6) is -1.15. The van der Waals surface area contributed by atoms with Gasteiger partial charge in [-0.3, -0.25) is 30.2 Å². The van der Waals surface area contributed by atoms with Crippen LogP contribution in [0.15, 0.2) is 12.7 Å². The highest BCUT2D eigenvalue weighted by atomic mass is 31.2. The van der Waals surface area contributed by atoms with Gasteiger partial charge in [0.15, 0.2) is 48.6 Å². The number of fused-ring (bicyclic) bond motifs is 2. The van der Waals surface area contributed by atoms with Gasteiger partial charge in [-0.2, -0.15) is 42.9 Å². The Morgan fingerprint density at radius 2 is 1.29 bits per heavy atom. The lowest BCUT2D eigenvalue weighted by Crippen LogP contribution is -2.51. The normalized spacial score (nSPS) is 32.9. The van der Waals surface area contributed by atoms with Gasteiger partial charge < -0.3 is 41.0 Å². The van der Waals surface area contributed by atoms with E-state index >= 15 is 0 Å². The van der Waals surface area contributed by atoms with Crippen molar-refractivity contribution in [1.29, 1.82) is 0 Å². The fraction of sp³-hybridized carbons (Fsp3) is 0.600. The fourth-order valence-electron chi connectivity index (χ4n) is 5.59. The van der Waals surface area contributed by atoms with Gasteiger partial charge in [-0.15, -0.1) is 4.52 Å². The van der Waals surface area contributed by atoms with Crippen LogP contribution in [0.3, 0.4) is 0 Å². The molecule has 0 spiro atoms. The molecule has 6 rings (SSSR count). The summed E-state index contributed by atoms with van der Waals surface area (Å²) in [6.07, 6.45) is -12.0. The summed E-state index contributed by atoms with van der Waals surface area (Å²) in [7, 11) is -11.7. The largest absolute Gasteiger partial charge is 0.570 e. The summed E-state index contributed by atoms with van der Waals surface area (Å²) in [6.45, 7) is -1.44. The van der Waals surface area contributed by atoms with Gasteiger partial charge in [0.05, 0.1) is 12.7 Å². The molecule has 16 N–H and O–H groups in total. The van der Waals surface area contributed by atoms with Gasteiger partial charge >= 0.3 is 25.4 Å². The molecule has 2 saturated heterocycles. The molecule has 0 aliphatic carbocycles. The van der Waals surface area contributed by atoms with Crippen LogP contribution in [0.2, 0.25) is 0 Å². The Labute approximate surface area is 276 Å². The van der Waals surface area contributed by atoms with E-state index in [9.17, 15) is 49.2 Å². The second-order valence-corrected chi connectivity index (χ2v) is 13.9. The Balaban J connectivity index is 1.18. The summed E-state index contributed by atoms with van der Waals surface area (Å²) in [5, 5.41) is 32.5. The van der Waals surface area contributed by atoms with Crippen LogP contribution < -0.4 is 32.7 Å². The molecule has 2 aromatic rings. The third kappa shape index (κ3) is 7.49. The third-order valence-electron chi connectivity index (χ3n) is 7.63. The van der Waals surface area contributed by atoms with E-state index in [0.29, 0.717) is 0 Å². The van der Waals surface area contributed by atoms with Gasteiger partial charge in [0.25, 0.3) is 11.8 Å². The SMILES string of the molecule is NC1NC(=O)c2ncn([C@@H]3O[C@H](CO[P+](O)(O)O[C@H]4[C@@H](O)[C@H](n5cnc6c5NC(N)NC6=O)O[C@@H]4CO[PH+](O)O)[C@@H](O[PH+](O)O)[C@H]3O)c2N1. The van der Waals surface area contributed by atoms with Crippen molar-refractivity contribution in [3.8, 4) is 0 Å². The number of aliphatic hydroxyl groups is 2. The van der Waals surface area contributed by atoms with Crippen molar-refractivity contribution >= 4 is 48.8 Å². The summed E-state index contributed by atoms with van der Waals surface area (Å²) in [4.78, 5) is 91.9. The highest BCUT2D eigenvalue weighted by Crippen LogP contribution is 2.57. The molecule has 0 radical (unpaired) electrons. The van der Waals surface area contributed by atoms with Crippen LogP contribution in [0.4, 0.5) is 11.6 Å². The molecule has 2 fully saturated rings. The second kappa shape index (κ2) is 14.3. The van der Waals surface area contributed by atoms with Gasteiger partial charge in [-0.1, -0.05) is 0 Å². The number of hydrogen-bond acceptors (Lipinski definition) is 22. The lowest BCUT2D eigenvalue weighted by Gasteiger charge is -2.26. The molecule has 0 bridgehead atoms. The molecule has 10 atom stereocenters. The lowest BCUT2D eigenvalue weighted by atomic mass is 10.1. The van der Waals surface area contributed by atoms with Crippen molar-refractivity contribution in [3.05, 3.63) is 24.0 Å². The maximum atomic E-state index is 12.3. The minimum absolute atomic E-state index is 0.0446. The molecule has 29 heteroatoms. The van der Waals surface area contributed by atoms with Crippen molar-refractivity contribution in [2.75, 3.05) is 23.8 Å². The standard InChI is InChI=1S/C20H32N10O16P3/c21-19-25-13-7(15(33)27-19)23-3-29(13)17-9(31)11(45-48(37)38)6(44-17)2-42-49(39,40)46-12-5(1-41-47(35)36)43-18(10(12)32)30-4-24-8-14(30)26-20(22)28-16(8)34/h3-6,9-12,17-20,31-32,35-40,47-48H,1-2,21-22H2,(H2-2,25,26,27,28,33,34)/q+1/p+2/t5-,6-,9-,10-,11-,12-,17-,18-,19?,20?/m1/s1. The van der Waals surface area contributed by atoms with Crippen molar-refractivity contribution in [2.24, 2.45) is 11.5 Å². The number of aliphatic hydroxyl groups excluding tert-OH is 2. The molecular formula is C20H34N10O16P3+3. The Kier molecular flexibility index (Phi) is 10.6. The van der Waals surface area contributed by atoms with Crippen molar-refractivity contribution in [1.82, 2.24) is 29.7 Å². The van der Waals surface area contributed by atoms with E-state index in [4.69, 9.17) is 39.0 Å². The number of rotatable bonds is 12. The molecular weight excluding hydrogens is 729 g/mol. The molecule has 272 valence electrons. The first-order chi connectivity index (χ1) is 23.1. The van der Waals surface area contributed by atoms with Crippen LogP contribution in [0.1, 0.15) is 33.4 Å². The number of carbonyl (C=O) groups excluding carboxylic acids is 2. The van der Waals surface area contributed by atoms with E-state index < -0.39 is 112 Å². The van der Waals surface area contributed by atoms with Crippen molar-refractivity contribution in [2.45, 2.75) is 61.7 Å². The van der Waals surface area contributed by atoms with Crippen LogP contribution in [0.5, 0.6) is 0 Å². The van der Waals surface area contributed by atoms with Crippen LogP contribution >= 0.6 is 25.4 Å². The van der Waals surface area contributed by atoms with Gasteiger partial charge in [-0.05, 0) is 0 Å². The maximum absolute atomic E-state index is 12.3. The van der Waals surface area contributed by atoms with Crippen molar-refractivity contribution in [3.63, 3.8) is 0 Å². The maximum Gasteiger partial charge on any atom is 0.570 e. The molecule has 2 unspecified atom stereocenters. The van der Waals surface area contributed by atoms with Gasteiger partial charge in [0.2, 0.25) is 0 Å². The lowest BCUT2D eigenvalue weighted by molar-refractivity contribution is -0.0621. The Morgan fingerprint density at radius 3 is 1.78 bits per heavy atom. The molecule has 4 aliphatic heterocycles. The van der Waals surface area contributed by atoms with E-state index in [0.717, 1.165) is 12.7 Å². The van der Waals surface area contributed by atoms with Crippen LogP contribution in [0.25, 0.3) is 0 Å². The summed E-state index contributed by atoms with van der Waals surface area (Å²) in [5.41, 5.74) is 11.4. The average Bonchev–Trinajstić information content (AvgIpc) is 3.76. The molecule has 49 heavy (non-hydrogen) atoms. The average molecular weight is 763 g/mol. The molecule has 0 aromatic carbocycles. The predicted molar refractivity (Wildman–Crippen MR) is 161 cm³/mol. The topological polar surface area (TPSA) is 387 Å². The fourth-order valence-corrected chi connectivity index (χ4v) is 7.42. The minimum Gasteiger partial charge on any atom is -0.385 e. The zero-order chi connectivity index (χ0) is 35.4. The van der Waals surface area contributed by atoms with Crippen LogP contribution in [0, 0.1) is 0 Å². The first kappa shape index (κ1) is 36.4. The number of imidazole rings is 2. The quantitative estimate of drug-likeness (QED) is 0.0896. The Morgan fingerprint density at radius 1 is 0.796 bits per heavy atom. The molecule has 2 aromatic heterocycles. The van der Waals surface area contributed by atoms with Gasteiger partial charge in [-0.25, -0.2) is 9.97 Å². The Hall–Kier alpha value is -2.39. The minimum atomic E-state index is -4.98. The predicted octanol–water partition coefficient (Wildman–Crippen LogP) is -5.55. The smallest absolute Gasteiger partial charge is 0.385 e. The van der Waals surface area contributed by atoms with Gasteiger partial charge in [0, 0.05) is 0 Å². The number of nitrogens with one attached hydrogen (secondary N) is 4. The number of amides is 2.